The molecule has 0 radical (unpaired) electrons. The summed E-state index contributed by atoms with van der Waals surface area (Å²) < 4.78 is 5.00. The zero-order chi connectivity index (χ0) is 27.2. The highest BCUT2D eigenvalue weighted by Gasteiger charge is 2.44. The Bertz CT molecular complexity index is 1190. The van der Waals surface area contributed by atoms with Crippen LogP contribution in [0.2, 0.25) is 5.02 Å². The van der Waals surface area contributed by atoms with Gasteiger partial charge < -0.3 is 19.9 Å². The van der Waals surface area contributed by atoms with Gasteiger partial charge in [-0.1, -0.05) is 17.7 Å². The van der Waals surface area contributed by atoms with Gasteiger partial charge in [-0.3, -0.25) is 19.4 Å². The molecule has 202 valence electrons. The largest absolute Gasteiger partial charge is 0.462 e. The molecule has 2 fully saturated rings. The molecule has 1 N–H and O–H groups in total. The Labute approximate surface area is 233 Å². The van der Waals surface area contributed by atoms with Crippen molar-refractivity contribution in [2.45, 2.75) is 19.4 Å². The van der Waals surface area contributed by atoms with Crippen LogP contribution in [0.5, 0.6) is 0 Å². The van der Waals surface area contributed by atoms with E-state index in [9.17, 15) is 14.4 Å². The fourth-order valence-electron chi connectivity index (χ4n) is 4.55. The second kappa shape index (κ2) is 12.7. The fourth-order valence-corrected chi connectivity index (χ4v) is 5.15. The summed E-state index contributed by atoms with van der Waals surface area (Å²) in [4.78, 5) is 46.5. The van der Waals surface area contributed by atoms with Crippen LogP contribution in [-0.4, -0.2) is 96.6 Å². The lowest BCUT2D eigenvalue weighted by molar-refractivity contribution is -0.124. The lowest BCUT2D eigenvalue weighted by Crippen LogP contribution is -2.48. The predicted molar refractivity (Wildman–Crippen MR) is 152 cm³/mol. The van der Waals surface area contributed by atoms with Crippen LogP contribution in [0.1, 0.15) is 23.7 Å². The number of nitrogens with zero attached hydrogens (tertiary/aromatic N) is 4. The minimum absolute atomic E-state index is 0.0710. The van der Waals surface area contributed by atoms with Gasteiger partial charge in [-0.05, 0) is 68.7 Å². The lowest BCUT2D eigenvalue weighted by Gasteiger charge is -2.34. The van der Waals surface area contributed by atoms with Gasteiger partial charge in [-0.15, -0.1) is 0 Å². The molecule has 2 aromatic carbocycles. The number of piperazine rings is 1. The summed E-state index contributed by atoms with van der Waals surface area (Å²) in [5.41, 5.74) is 1.50. The van der Waals surface area contributed by atoms with Crippen molar-refractivity contribution in [1.29, 1.82) is 0 Å². The number of rotatable bonds is 9. The predicted octanol–water partition coefficient (Wildman–Crippen LogP) is 3.10. The summed E-state index contributed by atoms with van der Waals surface area (Å²) >= 11 is 11.9. The van der Waals surface area contributed by atoms with Gasteiger partial charge in [-0.2, -0.15) is 0 Å². The molecule has 2 saturated heterocycles. The van der Waals surface area contributed by atoms with Gasteiger partial charge >= 0.3 is 5.97 Å². The first-order chi connectivity index (χ1) is 18.3. The van der Waals surface area contributed by atoms with Gasteiger partial charge in [0.1, 0.15) is 6.04 Å². The maximum absolute atomic E-state index is 13.6. The topological polar surface area (TPSA) is 85.4 Å². The van der Waals surface area contributed by atoms with E-state index in [0.717, 1.165) is 32.7 Å². The molecule has 2 aromatic rings. The quantitative estimate of drug-likeness (QED) is 0.372. The van der Waals surface area contributed by atoms with Gasteiger partial charge in [0.05, 0.1) is 24.3 Å². The number of esters is 1. The number of nitrogens with one attached hydrogen (secondary N) is 1. The first kappa shape index (κ1) is 28.0. The highest BCUT2D eigenvalue weighted by atomic mass is 35.5. The van der Waals surface area contributed by atoms with Crippen molar-refractivity contribution in [1.82, 2.24) is 14.7 Å². The van der Waals surface area contributed by atoms with Crippen LogP contribution in [0.15, 0.2) is 48.5 Å². The molecular weight excluding hydrogens is 526 g/mol. The molecule has 4 rings (SSSR count). The van der Waals surface area contributed by atoms with Crippen LogP contribution in [0.3, 0.4) is 0 Å². The second-order valence-electron chi connectivity index (χ2n) is 9.34. The Morgan fingerprint density at radius 1 is 1.08 bits per heavy atom. The Morgan fingerprint density at radius 2 is 1.79 bits per heavy atom. The molecule has 9 nitrogen and oxygen atoms in total. The molecule has 1 atom stereocenters. The van der Waals surface area contributed by atoms with Crippen molar-refractivity contribution in [3.63, 3.8) is 0 Å². The van der Waals surface area contributed by atoms with Gasteiger partial charge in [0.2, 0.25) is 5.91 Å². The number of likely N-dealkylation sites (N-methyl/N-ethyl adjacent to an activating group) is 1. The Hall–Kier alpha value is -3.05. The first-order valence-electron chi connectivity index (χ1n) is 12.6. The van der Waals surface area contributed by atoms with E-state index in [-0.39, 0.29) is 24.8 Å². The van der Waals surface area contributed by atoms with Crippen LogP contribution >= 0.6 is 23.8 Å². The van der Waals surface area contributed by atoms with E-state index in [1.807, 2.05) is 4.90 Å². The van der Waals surface area contributed by atoms with E-state index in [1.54, 1.807) is 55.5 Å². The average Bonchev–Trinajstić information content (AvgIpc) is 3.12. The summed E-state index contributed by atoms with van der Waals surface area (Å²) in [5.74, 6) is -1.01. The SMILES string of the molecule is CCOC(=O)c1ccc(NC(=O)C[C@@H]2C(=O)N(c3cccc(Cl)c3)C(=S)N2CCN2CCN(C)CC2)cc1. The number of carbonyl (C=O) groups is 3. The summed E-state index contributed by atoms with van der Waals surface area (Å²) in [5, 5.41) is 3.69. The number of ether oxygens (including phenoxy) is 1. The molecule has 0 unspecified atom stereocenters. The minimum Gasteiger partial charge on any atom is -0.462 e. The molecule has 38 heavy (non-hydrogen) atoms. The smallest absolute Gasteiger partial charge is 0.338 e. The van der Waals surface area contributed by atoms with Crippen molar-refractivity contribution in [2.75, 3.05) is 63.1 Å². The Balaban J connectivity index is 1.47. The van der Waals surface area contributed by atoms with E-state index >= 15 is 0 Å². The van der Waals surface area contributed by atoms with E-state index in [1.165, 1.54) is 4.90 Å². The number of benzene rings is 2. The normalized spacial score (nSPS) is 18.7. The Kier molecular flexibility index (Phi) is 9.32. The van der Waals surface area contributed by atoms with Crippen LogP contribution in [0.25, 0.3) is 0 Å². The molecule has 0 bridgehead atoms. The van der Waals surface area contributed by atoms with Crippen molar-refractivity contribution < 1.29 is 19.1 Å². The molecule has 0 aliphatic carbocycles. The third kappa shape index (κ3) is 6.68. The van der Waals surface area contributed by atoms with Crippen LogP contribution in [0, 0.1) is 0 Å². The van der Waals surface area contributed by atoms with E-state index in [4.69, 9.17) is 28.6 Å². The minimum atomic E-state index is -0.743. The summed E-state index contributed by atoms with van der Waals surface area (Å²) in [6, 6.07) is 12.7. The molecule has 2 heterocycles. The Morgan fingerprint density at radius 3 is 2.45 bits per heavy atom. The maximum Gasteiger partial charge on any atom is 0.338 e. The van der Waals surface area contributed by atoms with Gasteiger partial charge in [0, 0.05) is 50.0 Å². The zero-order valence-electron chi connectivity index (χ0n) is 21.6. The summed E-state index contributed by atoms with van der Waals surface area (Å²) in [6.07, 6.45) is -0.0710. The molecule has 0 aromatic heterocycles. The standard InChI is InChI=1S/C27H32ClN5O4S/c1-3-37-26(36)19-7-9-21(10-8-19)29-24(34)18-23-25(35)33(22-6-4-5-20(28)17-22)27(38)32(23)16-15-31-13-11-30(2)12-14-31/h4-10,17,23H,3,11-16,18H2,1-2H3,(H,29,34)/t23-/m1/s1. The molecule has 2 amide bonds. The van der Waals surface area contributed by atoms with Crippen molar-refractivity contribution >= 4 is 58.1 Å². The fraction of sp³-hybridized carbons (Fsp3) is 0.407. The van der Waals surface area contributed by atoms with E-state index in [0.29, 0.717) is 33.6 Å². The molecule has 2 aliphatic heterocycles. The van der Waals surface area contributed by atoms with Crippen molar-refractivity contribution in [2.24, 2.45) is 0 Å². The summed E-state index contributed by atoms with van der Waals surface area (Å²) in [6.45, 7) is 7.13. The highest BCUT2D eigenvalue weighted by molar-refractivity contribution is 7.80. The first-order valence-corrected chi connectivity index (χ1v) is 13.4. The zero-order valence-corrected chi connectivity index (χ0v) is 23.1. The van der Waals surface area contributed by atoms with Crippen LogP contribution in [-0.2, 0) is 14.3 Å². The molecule has 2 aliphatic rings. The molecular formula is C27H32ClN5O4S. The number of halogens is 1. The number of hydrogen-bond acceptors (Lipinski definition) is 7. The van der Waals surface area contributed by atoms with Crippen LogP contribution in [0.4, 0.5) is 11.4 Å². The third-order valence-corrected chi connectivity index (χ3v) is 7.35. The number of carbonyl (C=O) groups excluding carboxylic acids is 3. The summed E-state index contributed by atoms with van der Waals surface area (Å²) in [7, 11) is 2.10. The third-order valence-electron chi connectivity index (χ3n) is 6.70. The maximum atomic E-state index is 13.6. The number of hydrogen-bond donors (Lipinski definition) is 1. The molecule has 0 saturated carbocycles. The van der Waals surface area contributed by atoms with Gasteiger partial charge in [-0.25, -0.2) is 4.79 Å². The van der Waals surface area contributed by atoms with E-state index < -0.39 is 12.0 Å². The number of thiocarbonyl (C=S) groups is 1. The molecule has 0 spiro atoms. The van der Waals surface area contributed by atoms with Gasteiger partial charge in [0.25, 0.3) is 5.91 Å². The molecule has 11 heteroatoms. The van der Waals surface area contributed by atoms with Gasteiger partial charge in [0.15, 0.2) is 5.11 Å². The van der Waals surface area contributed by atoms with Crippen molar-refractivity contribution in [3.05, 3.63) is 59.1 Å². The monoisotopic (exact) mass is 557 g/mol. The second-order valence-corrected chi connectivity index (χ2v) is 10.1. The van der Waals surface area contributed by atoms with Crippen molar-refractivity contribution in [3.8, 4) is 0 Å². The van der Waals surface area contributed by atoms with E-state index in [2.05, 4.69) is 22.2 Å². The average molecular weight is 558 g/mol. The number of anilines is 2. The lowest BCUT2D eigenvalue weighted by atomic mass is 10.1. The highest BCUT2D eigenvalue weighted by Crippen LogP contribution is 2.29. The van der Waals surface area contributed by atoms with Crippen LogP contribution < -0.4 is 10.2 Å². The number of amides is 2.